The highest BCUT2D eigenvalue weighted by molar-refractivity contribution is 7.09. The maximum absolute atomic E-state index is 12.9. The van der Waals surface area contributed by atoms with Gasteiger partial charge in [-0.2, -0.15) is 8.78 Å². The van der Waals surface area contributed by atoms with Gasteiger partial charge >= 0.3 is 5.92 Å². The van der Waals surface area contributed by atoms with E-state index in [2.05, 4.69) is 4.98 Å². The number of nitrogens with zero attached hydrogens (tertiary/aromatic N) is 1. The van der Waals surface area contributed by atoms with Gasteiger partial charge in [-0.1, -0.05) is 13.8 Å². The molecule has 0 fully saturated rings. The van der Waals surface area contributed by atoms with Crippen LogP contribution in [0.3, 0.4) is 0 Å². The SMILES string of the molecule is CC(C)c1nc(C(F)(F)CO)cs1. The summed E-state index contributed by atoms with van der Waals surface area (Å²) in [7, 11) is 0. The minimum absolute atomic E-state index is 0.147. The molecule has 0 unspecified atom stereocenters. The number of rotatable bonds is 3. The van der Waals surface area contributed by atoms with Crippen LogP contribution < -0.4 is 0 Å². The van der Waals surface area contributed by atoms with Crippen LogP contribution in [-0.2, 0) is 5.92 Å². The highest BCUT2D eigenvalue weighted by Crippen LogP contribution is 2.30. The lowest BCUT2D eigenvalue weighted by atomic mass is 10.2. The van der Waals surface area contributed by atoms with Gasteiger partial charge in [-0.05, 0) is 0 Å². The number of hydrogen-bond donors (Lipinski definition) is 1. The summed E-state index contributed by atoms with van der Waals surface area (Å²) >= 11 is 1.20. The second-order valence-electron chi connectivity index (χ2n) is 3.09. The van der Waals surface area contributed by atoms with E-state index in [1.54, 1.807) is 0 Å². The summed E-state index contributed by atoms with van der Waals surface area (Å²) in [5.74, 6) is -3.06. The molecule has 1 aromatic heterocycles. The second kappa shape index (κ2) is 3.67. The van der Waals surface area contributed by atoms with Crippen molar-refractivity contribution in [3.8, 4) is 0 Å². The highest BCUT2D eigenvalue weighted by atomic mass is 32.1. The van der Waals surface area contributed by atoms with Crippen molar-refractivity contribution in [2.24, 2.45) is 0 Å². The van der Waals surface area contributed by atoms with Gasteiger partial charge in [0.15, 0.2) is 0 Å². The Morgan fingerprint density at radius 1 is 1.62 bits per heavy atom. The number of aliphatic hydroxyl groups excluding tert-OH is 1. The molecule has 74 valence electrons. The fourth-order valence-corrected chi connectivity index (χ4v) is 1.68. The van der Waals surface area contributed by atoms with Crippen molar-refractivity contribution in [3.63, 3.8) is 0 Å². The smallest absolute Gasteiger partial charge is 0.313 e. The standard InChI is InChI=1S/C8H11F2NOS/c1-5(2)7-11-6(3-13-7)8(9,10)4-12/h3,5,12H,4H2,1-2H3. The van der Waals surface area contributed by atoms with Gasteiger partial charge in [-0.3, -0.25) is 0 Å². The third-order valence-electron chi connectivity index (χ3n) is 1.59. The Morgan fingerprint density at radius 2 is 2.23 bits per heavy atom. The minimum Gasteiger partial charge on any atom is -0.390 e. The summed E-state index contributed by atoms with van der Waals surface area (Å²) in [5, 5.41) is 10.4. The Hall–Kier alpha value is -0.550. The number of thiazole rings is 1. The van der Waals surface area contributed by atoms with Gasteiger partial charge in [-0.25, -0.2) is 4.98 Å². The number of aromatic nitrogens is 1. The molecule has 0 atom stereocenters. The molecule has 1 N–H and O–H groups in total. The third-order valence-corrected chi connectivity index (χ3v) is 2.73. The first-order chi connectivity index (χ1) is 5.97. The average molecular weight is 207 g/mol. The molecule has 0 aliphatic carbocycles. The van der Waals surface area contributed by atoms with Crippen molar-refractivity contribution in [1.82, 2.24) is 4.98 Å². The van der Waals surface area contributed by atoms with E-state index in [9.17, 15) is 8.78 Å². The Kier molecular flexibility index (Phi) is 2.98. The minimum atomic E-state index is -3.20. The summed E-state index contributed by atoms with van der Waals surface area (Å²) in [5.41, 5.74) is -0.330. The second-order valence-corrected chi connectivity index (χ2v) is 3.98. The van der Waals surface area contributed by atoms with Crippen molar-refractivity contribution in [2.75, 3.05) is 6.61 Å². The van der Waals surface area contributed by atoms with Crippen LogP contribution in [0.4, 0.5) is 8.78 Å². The fraction of sp³-hybridized carbons (Fsp3) is 0.625. The van der Waals surface area contributed by atoms with Crippen LogP contribution in [-0.4, -0.2) is 16.7 Å². The first-order valence-electron chi connectivity index (χ1n) is 3.92. The molecule has 0 aliphatic rings. The zero-order valence-corrected chi connectivity index (χ0v) is 8.24. The molecule has 0 amide bonds. The topological polar surface area (TPSA) is 33.1 Å². The van der Waals surface area contributed by atoms with Crippen molar-refractivity contribution < 1.29 is 13.9 Å². The van der Waals surface area contributed by atoms with Crippen LogP contribution in [0.25, 0.3) is 0 Å². The van der Waals surface area contributed by atoms with E-state index < -0.39 is 12.5 Å². The summed E-state index contributed by atoms with van der Waals surface area (Å²) < 4.78 is 25.7. The van der Waals surface area contributed by atoms with Crippen molar-refractivity contribution in [1.29, 1.82) is 0 Å². The van der Waals surface area contributed by atoms with Gasteiger partial charge in [0, 0.05) is 11.3 Å². The lowest BCUT2D eigenvalue weighted by molar-refractivity contribution is -0.0588. The summed E-state index contributed by atoms with van der Waals surface area (Å²) in [6, 6.07) is 0. The maximum atomic E-state index is 12.9. The number of halogens is 2. The van der Waals surface area contributed by atoms with E-state index in [4.69, 9.17) is 5.11 Å². The van der Waals surface area contributed by atoms with Gasteiger partial charge in [-0.15, -0.1) is 11.3 Å². The molecule has 0 radical (unpaired) electrons. The maximum Gasteiger partial charge on any atom is 0.313 e. The monoisotopic (exact) mass is 207 g/mol. The third kappa shape index (κ3) is 2.22. The predicted octanol–water partition coefficient (Wildman–Crippen LogP) is 2.35. The molecular formula is C8H11F2NOS. The molecule has 2 nitrogen and oxygen atoms in total. The van der Waals surface area contributed by atoms with E-state index in [1.807, 2.05) is 13.8 Å². The molecule has 0 spiro atoms. The predicted molar refractivity (Wildman–Crippen MR) is 47.2 cm³/mol. The van der Waals surface area contributed by atoms with E-state index in [-0.39, 0.29) is 11.6 Å². The molecule has 0 saturated heterocycles. The molecule has 0 aromatic carbocycles. The van der Waals surface area contributed by atoms with E-state index in [0.29, 0.717) is 5.01 Å². The van der Waals surface area contributed by atoms with Crippen LogP contribution in [0.15, 0.2) is 5.38 Å². The molecule has 1 heterocycles. The summed E-state index contributed by atoms with van der Waals surface area (Å²) in [4.78, 5) is 3.76. The lowest BCUT2D eigenvalue weighted by Crippen LogP contribution is -2.18. The lowest BCUT2D eigenvalue weighted by Gasteiger charge is -2.09. The van der Waals surface area contributed by atoms with Gasteiger partial charge in [0.25, 0.3) is 0 Å². The van der Waals surface area contributed by atoms with Crippen LogP contribution >= 0.6 is 11.3 Å². The average Bonchev–Trinajstić information content (AvgIpc) is 2.52. The largest absolute Gasteiger partial charge is 0.390 e. The molecule has 1 aromatic rings. The summed E-state index contributed by atoms with van der Waals surface area (Å²) in [6.45, 7) is 2.59. The van der Waals surface area contributed by atoms with Crippen LogP contribution in [0.2, 0.25) is 0 Å². The molecular weight excluding hydrogens is 196 g/mol. The van der Waals surface area contributed by atoms with Crippen molar-refractivity contribution in [2.45, 2.75) is 25.7 Å². The van der Waals surface area contributed by atoms with Gasteiger partial charge in [0.2, 0.25) is 0 Å². The zero-order valence-electron chi connectivity index (χ0n) is 7.42. The Morgan fingerprint density at radius 3 is 2.62 bits per heavy atom. The first kappa shape index (κ1) is 10.5. The van der Waals surface area contributed by atoms with Crippen molar-refractivity contribution in [3.05, 3.63) is 16.1 Å². The number of aliphatic hydroxyl groups is 1. The number of alkyl halides is 2. The van der Waals surface area contributed by atoms with Crippen LogP contribution in [0.1, 0.15) is 30.5 Å². The quantitative estimate of drug-likeness (QED) is 0.825. The molecule has 0 aliphatic heterocycles. The molecule has 0 bridgehead atoms. The molecule has 5 heteroatoms. The van der Waals surface area contributed by atoms with Gasteiger partial charge in [0.1, 0.15) is 12.3 Å². The Balaban J connectivity index is 2.91. The van der Waals surface area contributed by atoms with Gasteiger partial charge in [0.05, 0.1) is 5.01 Å². The Bertz CT molecular complexity index is 285. The highest BCUT2D eigenvalue weighted by Gasteiger charge is 2.33. The van der Waals surface area contributed by atoms with Crippen LogP contribution in [0.5, 0.6) is 0 Å². The normalized spacial score (nSPS) is 12.5. The van der Waals surface area contributed by atoms with Gasteiger partial charge < -0.3 is 5.11 Å². The van der Waals surface area contributed by atoms with E-state index >= 15 is 0 Å². The summed E-state index contributed by atoms with van der Waals surface area (Å²) in [6.07, 6.45) is 0. The fourth-order valence-electron chi connectivity index (χ4n) is 0.802. The Labute approximate surface area is 79.2 Å². The molecule has 1 rings (SSSR count). The number of hydrogen-bond acceptors (Lipinski definition) is 3. The van der Waals surface area contributed by atoms with E-state index in [0.717, 1.165) is 0 Å². The van der Waals surface area contributed by atoms with Crippen molar-refractivity contribution >= 4 is 11.3 Å². The zero-order chi connectivity index (χ0) is 10.1. The van der Waals surface area contributed by atoms with E-state index in [1.165, 1.54) is 16.7 Å². The van der Waals surface area contributed by atoms with Crippen LogP contribution in [0, 0.1) is 0 Å². The first-order valence-corrected chi connectivity index (χ1v) is 4.80. The molecule has 0 saturated carbocycles. The molecule has 13 heavy (non-hydrogen) atoms.